The molecule has 0 aliphatic carbocycles. The molecule has 146 valence electrons. The average molecular weight is 474 g/mol. The van der Waals surface area contributed by atoms with Gasteiger partial charge in [0.25, 0.3) is 0 Å². The molecule has 10 heteroatoms. The van der Waals surface area contributed by atoms with Gasteiger partial charge in [-0.25, -0.2) is 8.42 Å². The third-order valence-corrected chi connectivity index (χ3v) is 8.00. The maximum Gasteiger partial charge on any atom is 0.248 e. The number of halogens is 1. The molecule has 0 atom stereocenters. The Morgan fingerprint density at radius 1 is 1.19 bits per heavy atom. The highest BCUT2D eigenvalue weighted by Gasteiger charge is 2.34. The van der Waals surface area contributed by atoms with Crippen molar-refractivity contribution in [2.75, 3.05) is 31.9 Å². The van der Waals surface area contributed by atoms with Gasteiger partial charge in [0.2, 0.25) is 15.9 Å². The second-order valence-electron chi connectivity index (χ2n) is 6.18. The van der Waals surface area contributed by atoms with Gasteiger partial charge >= 0.3 is 0 Å². The molecule has 7 nitrogen and oxygen atoms in total. The van der Waals surface area contributed by atoms with Crippen LogP contribution in [0.4, 0.5) is 0 Å². The largest absolute Gasteiger partial charge is 0.360 e. The van der Waals surface area contributed by atoms with Gasteiger partial charge in [-0.05, 0) is 38.1 Å². The lowest BCUT2D eigenvalue weighted by molar-refractivity contribution is -0.129. The minimum absolute atomic E-state index is 0.0114. The lowest BCUT2D eigenvalue weighted by Gasteiger charge is -2.33. The van der Waals surface area contributed by atoms with Gasteiger partial charge in [-0.3, -0.25) is 4.79 Å². The number of thioether (sulfide) groups is 1. The van der Waals surface area contributed by atoms with Crippen LogP contribution in [0.5, 0.6) is 0 Å². The molecular weight excluding hydrogens is 454 g/mol. The number of hydrogen-bond acceptors (Lipinski definition) is 6. The van der Waals surface area contributed by atoms with Crippen LogP contribution in [0.3, 0.4) is 0 Å². The number of hydrogen-bond donors (Lipinski definition) is 0. The molecule has 1 aliphatic rings. The van der Waals surface area contributed by atoms with E-state index in [1.807, 2.05) is 24.3 Å². The van der Waals surface area contributed by atoms with Crippen molar-refractivity contribution in [3.8, 4) is 0 Å². The van der Waals surface area contributed by atoms with Gasteiger partial charge in [0.15, 0.2) is 5.76 Å². The second-order valence-corrected chi connectivity index (χ2v) is 10.0. The summed E-state index contributed by atoms with van der Waals surface area (Å²) in [5, 5.41) is 3.73. The highest BCUT2D eigenvalue weighted by atomic mass is 79.9. The molecule has 0 spiro atoms. The Morgan fingerprint density at radius 3 is 2.37 bits per heavy atom. The number of sulfonamides is 1. The van der Waals surface area contributed by atoms with E-state index < -0.39 is 10.0 Å². The molecule has 2 heterocycles. The Kier molecular flexibility index (Phi) is 6.29. The van der Waals surface area contributed by atoms with E-state index in [-0.39, 0.29) is 29.7 Å². The van der Waals surface area contributed by atoms with E-state index in [1.54, 1.807) is 18.7 Å². The van der Waals surface area contributed by atoms with Crippen LogP contribution in [0.1, 0.15) is 11.5 Å². The van der Waals surface area contributed by atoms with Crippen molar-refractivity contribution in [2.45, 2.75) is 23.6 Å². The number of piperazine rings is 1. The van der Waals surface area contributed by atoms with Crippen molar-refractivity contribution in [3.05, 3.63) is 40.2 Å². The molecule has 1 aliphatic heterocycles. The van der Waals surface area contributed by atoms with Crippen LogP contribution in [0, 0.1) is 13.8 Å². The summed E-state index contributed by atoms with van der Waals surface area (Å²) < 4.78 is 33.0. The molecule has 1 aromatic heterocycles. The molecule has 1 aromatic carbocycles. The van der Waals surface area contributed by atoms with Crippen LogP contribution in [-0.2, 0) is 14.8 Å². The predicted octanol–water partition coefficient (Wildman–Crippen LogP) is 2.68. The maximum atomic E-state index is 12.8. The summed E-state index contributed by atoms with van der Waals surface area (Å²) in [6.07, 6.45) is 0. The summed E-state index contributed by atoms with van der Waals surface area (Å²) in [6, 6.07) is 7.78. The number of aryl methyl sites for hydroxylation is 2. The Balaban J connectivity index is 1.56. The van der Waals surface area contributed by atoms with Crippen LogP contribution < -0.4 is 0 Å². The zero-order chi connectivity index (χ0) is 19.6. The summed E-state index contributed by atoms with van der Waals surface area (Å²) in [5.41, 5.74) is 0.358. The summed E-state index contributed by atoms with van der Waals surface area (Å²) in [5.74, 6) is 0.632. The van der Waals surface area contributed by atoms with Gasteiger partial charge in [0.05, 0.1) is 5.75 Å². The fourth-order valence-electron chi connectivity index (χ4n) is 2.92. The number of carbonyl (C=O) groups excluding carboxylic acids is 1. The molecule has 1 amide bonds. The summed E-state index contributed by atoms with van der Waals surface area (Å²) >= 11 is 4.86. The van der Waals surface area contributed by atoms with Crippen molar-refractivity contribution in [1.29, 1.82) is 0 Å². The Labute approximate surface area is 171 Å². The first-order valence-corrected chi connectivity index (χ1v) is 11.6. The molecule has 0 unspecified atom stereocenters. The van der Waals surface area contributed by atoms with Crippen molar-refractivity contribution in [1.82, 2.24) is 14.4 Å². The van der Waals surface area contributed by atoms with E-state index in [1.165, 1.54) is 16.1 Å². The van der Waals surface area contributed by atoms with Gasteiger partial charge in [-0.2, -0.15) is 4.31 Å². The number of carbonyl (C=O) groups is 1. The third-order valence-electron chi connectivity index (χ3n) is 4.33. The van der Waals surface area contributed by atoms with E-state index in [2.05, 4.69) is 21.1 Å². The monoisotopic (exact) mass is 473 g/mol. The van der Waals surface area contributed by atoms with Crippen LogP contribution >= 0.6 is 27.7 Å². The lowest BCUT2D eigenvalue weighted by atomic mass is 10.3. The Hall–Kier alpha value is -1.36. The number of aromatic nitrogens is 1. The highest BCUT2D eigenvalue weighted by Crippen LogP contribution is 2.25. The standard InChI is InChI=1S/C17H20BrN3O4S2/c1-12-17(13(2)25-19-12)27(23,24)21-9-7-20(8-10-21)16(22)11-26-15-5-3-14(18)4-6-15/h3-6H,7-11H2,1-2H3. The van der Waals surface area contributed by atoms with Crippen molar-refractivity contribution >= 4 is 43.6 Å². The zero-order valence-corrected chi connectivity index (χ0v) is 18.2. The van der Waals surface area contributed by atoms with E-state index >= 15 is 0 Å². The molecule has 0 radical (unpaired) electrons. The van der Waals surface area contributed by atoms with E-state index in [0.29, 0.717) is 24.5 Å². The molecule has 2 aromatic rings. The van der Waals surface area contributed by atoms with E-state index in [0.717, 1.165) is 9.37 Å². The number of rotatable bonds is 5. The van der Waals surface area contributed by atoms with Crippen molar-refractivity contribution in [3.63, 3.8) is 0 Å². The second kappa shape index (κ2) is 8.34. The minimum Gasteiger partial charge on any atom is -0.360 e. The smallest absolute Gasteiger partial charge is 0.248 e. The first-order chi connectivity index (χ1) is 12.8. The average Bonchev–Trinajstić information content (AvgIpc) is 3.00. The first-order valence-electron chi connectivity index (χ1n) is 8.38. The SMILES string of the molecule is Cc1noc(C)c1S(=O)(=O)N1CCN(C(=O)CSc2ccc(Br)cc2)CC1. The molecule has 1 saturated heterocycles. The quantitative estimate of drug-likeness (QED) is 0.620. The van der Waals surface area contributed by atoms with Gasteiger partial charge in [-0.15, -0.1) is 11.8 Å². The summed E-state index contributed by atoms with van der Waals surface area (Å²) in [7, 11) is -3.66. The molecule has 0 N–H and O–H groups in total. The first kappa shape index (κ1) is 20.4. The summed E-state index contributed by atoms with van der Waals surface area (Å²) in [6.45, 7) is 4.49. The molecule has 1 fully saturated rings. The van der Waals surface area contributed by atoms with E-state index in [9.17, 15) is 13.2 Å². The fraction of sp³-hybridized carbons (Fsp3) is 0.412. The number of benzene rings is 1. The normalized spacial score (nSPS) is 15.9. The maximum absolute atomic E-state index is 12.8. The van der Waals surface area contributed by atoms with Crippen molar-refractivity contribution in [2.24, 2.45) is 0 Å². The van der Waals surface area contributed by atoms with Crippen LogP contribution in [0.25, 0.3) is 0 Å². The highest BCUT2D eigenvalue weighted by molar-refractivity contribution is 9.10. The number of nitrogens with zero attached hydrogens (tertiary/aromatic N) is 3. The van der Waals surface area contributed by atoms with Gasteiger partial charge < -0.3 is 9.42 Å². The third kappa shape index (κ3) is 4.56. The van der Waals surface area contributed by atoms with Crippen LogP contribution in [-0.4, -0.2) is 60.6 Å². The minimum atomic E-state index is -3.66. The van der Waals surface area contributed by atoms with Crippen LogP contribution in [0.15, 0.2) is 43.1 Å². The zero-order valence-electron chi connectivity index (χ0n) is 15.0. The Morgan fingerprint density at radius 2 is 1.81 bits per heavy atom. The molecule has 27 heavy (non-hydrogen) atoms. The summed E-state index contributed by atoms with van der Waals surface area (Å²) in [4.78, 5) is 15.3. The molecule has 0 bridgehead atoms. The Bertz CT molecular complexity index is 901. The fourth-order valence-corrected chi connectivity index (χ4v) is 5.70. The van der Waals surface area contributed by atoms with Gasteiger partial charge in [0.1, 0.15) is 10.6 Å². The lowest BCUT2D eigenvalue weighted by Crippen LogP contribution is -2.51. The topological polar surface area (TPSA) is 83.7 Å². The van der Waals surface area contributed by atoms with Gasteiger partial charge in [0, 0.05) is 35.5 Å². The van der Waals surface area contributed by atoms with Gasteiger partial charge in [-0.1, -0.05) is 21.1 Å². The van der Waals surface area contributed by atoms with Crippen LogP contribution in [0.2, 0.25) is 0 Å². The molecule has 0 saturated carbocycles. The molecule has 3 rings (SSSR count). The van der Waals surface area contributed by atoms with Crippen molar-refractivity contribution < 1.29 is 17.7 Å². The van der Waals surface area contributed by atoms with E-state index in [4.69, 9.17) is 4.52 Å². The number of amides is 1. The predicted molar refractivity (Wildman–Crippen MR) is 106 cm³/mol. The molecular formula is C17H20BrN3O4S2.